The van der Waals surface area contributed by atoms with Crippen molar-refractivity contribution in [2.75, 3.05) is 17.6 Å². The van der Waals surface area contributed by atoms with Crippen molar-refractivity contribution in [1.29, 1.82) is 0 Å². The number of hydrogen-bond donors (Lipinski definition) is 3. The summed E-state index contributed by atoms with van der Waals surface area (Å²) in [6.07, 6.45) is -0.349. The van der Waals surface area contributed by atoms with Crippen LogP contribution in [-0.4, -0.2) is 22.1 Å². The predicted octanol–water partition coefficient (Wildman–Crippen LogP) is 0.518. The molecule has 0 saturated heterocycles. The summed E-state index contributed by atoms with van der Waals surface area (Å²) in [7, 11) is 0. The van der Waals surface area contributed by atoms with Crippen LogP contribution in [0.25, 0.3) is 0 Å². The molecule has 1 unspecified atom stereocenters. The first kappa shape index (κ1) is 8.29. The lowest BCUT2D eigenvalue weighted by Gasteiger charge is -2.03. The van der Waals surface area contributed by atoms with Crippen molar-refractivity contribution in [1.82, 2.24) is 4.37 Å². The van der Waals surface area contributed by atoms with Crippen molar-refractivity contribution >= 4 is 22.4 Å². The third kappa shape index (κ3) is 2.73. The maximum atomic E-state index is 8.91. The molecule has 1 heterocycles. The molecular weight excluding hydrogens is 162 g/mol. The van der Waals surface area contributed by atoms with Gasteiger partial charge in [-0.05, 0) is 18.5 Å². The van der Waals surface area contributed by atoms with Crippen LogP contribution in [0.1, 0.15) is 6.92 Å². The minimum absolute atomic E-state index is 0.349. The molecule has 0 fully saturated rings. The zero-order valence-electron chi connectivity index (χ0n) is 6.24. The molecule has 4 nitrogen and oxygen atoms in total. The van der Waals surface area contributed by atoms with Crippen LogP contribution in [0.15, 0.2) is 6.07 Å². The molecule has 0 bridgehead atoms. The Labute approximate surface area is 69.2 Å². The van der Waals surface area contributed by atoms with Crippen LogP contribution in [-0.2, 0) is 0 Å². The van der Waals surface area contributed by atoms with Crippen molar-refractivity contribution in [2.45, 2.75) is 13.0 Å². The smallest absolute Gasteiger partial charge is 0.139 e. The highest BCUT2D eigenvalue weighted by molar-refractivity contribution is 7.10. The van der Waals surface area contributed by atoms with E-state index < -0.39 is 0 Å². The highest BCUT2D eigenvalue weighted by Crippen LogP contribution is 2.16. The van der Waals surface area contributed by atoms with Gasteiger partial charge >= 0.3 is 0 Å². The van der Waals surface area contributed by atoms with E-state index in [1.165, 1.54) is 11.5 Å². The van der Waals surface area contributed by atoms with Gasteiger partial charge in [0.05, 0.1) is 6.10 Å². The van der Waals surface area contributed by atoms with Gasteiger partial charge in [0.15, 0.2) is 0 Å². The van der Waals surface area contributed by atoms with E-state index in [0.717, 1.165) is 5.00 Å². The lowest BCUT2D eigenvalue weighted by molar-refractivity contribution is 0.208. The molecular formula is C6H11N3OS. The number of rotatable bonds is 3. The van der Waals surface area contributed by atoms with E-state index in [1.807, 2.05) is 0 Å². The molecule has 1 aromatic rings. The molecule has 4 N–H and O–H groups in total. The van der Waals surface area contributed by atoms with Crippen LogP contribution >= 0.6 is 11.5 Å². The zero-order chi connectivity index (χ0) is 8.27. The topological polar surface area (TPSA) is 71.2 Å². The average molecular weight is 173 g/mol. The second-order valence-corrected chi connectivity index (χ2v) is 3.15. The first-order valence-electron chi connectivity index (χ1n) is 3.32. The van der Waals surface area contributed by atoms with Gasteiger partial charge in [-0.15, -0.1) is 0 Å². The van der Waals surface area contributed by atoms with Crippen LogP contribution in [0.5, 0.6) is 0 Å². The lowest BCUT2D eigenvalue weighted by atomic mass is 10.4. The van der Waals surface area contributed by atoms with Crippen molar-refractivity contribution in [2.24, 2.45) is 0 Å². The van der Waals surface area contributed by atoms with E-state index in [0.29, 0.717) is 12.4 Å². The van der Waals surface area contributed by atoms with Gasteiger partial charge in [0.2, 0.25) is 0 Å². The van der Waals surface area contributed by atoms with Crippen molar-refractivity contribution in [3.05, 3.63) is 6.07 Å². The molecule has 5 heteroatoms. The van der Waals surface area contributed by atoms with E-state index in [1.54, 1.807) is 13.0 Å². The number of anilines is 2. The zero-order valence-corrected chi connectivity index (χ0v) is 7.06. The SMILES string of the molecule is CC(O)CNc1cc(N)ns1. The van der Waals surface area contributed by atoms with Crippen LogP contribution in [0.2, 0.25) is 0 Å². The summed E-state index contributed by atoms with van der Waals surface area (Å²) in [5, 5.41) is 12.8. The highest BCUT2D eigenvalue weighted by atomic mass is 32.1. The van der Waals surface area contributed by atoms with Gasteiger partial charge in [0, 0.05) is 12.6 Å². The number of nitrogens with two attached hydrogens (primary N) is 1. The van der Waals surface area contributed by atoms with Gasteiger partial charge in [-0.2, -0.15) is 4.37 Å². The van der Waals surface area contributed by atoms with Gasteiger partial charge < -0.3 is 16.2 Å². The van der Waals surface area contributed by atoms with Crippen LogP contribution in [0.3, 0.4) is 0 Å². The Morgan fingerprint density at radius 2 is 2.64 bits per heavy atom. The Hall–Kier alpha value is -0.810. The summed E-state index contributed by atoms with van der Waals surface area (Å²) >= 11 is 1.29. The number of nitrogens with zero attached hydrogens (tertiary/aromatic N) is 1. The highest BCUT2D eigenvalue weighted by Gasteiger charge is 1.98. The molecule has 0 amide bonds. The molecule has 0 spiro atoms. The molecule has 0 radical (unpaired) electrons. The first-order chi connectivity index (χ1) is 5.18. The van der Waals surface area contributed by atoms with Crippen LogP contribution in [0, 0.1) is 0 Å². The largest absolute Gasteiger partial charge is 0.392 e. The van der Waals surface area contributed by atoms with Gasteiger partial charge in [-0.3, -0.25) is 0 Å². The third-order valence-electron chi connectivity index (χ3n) is 1.10. The Balaban J connectivity index is 2.39. The molecule has 1 aromatic heterocycles. The molecule has 1 atom stereocenters. The molecule has 1 rings (SSSR count). The number of aliphatic hydroxyl groups excluding tert-OH is 1. The number of aliphatic hydroxyl groups is 1. The number of nitrogen functional groups attached to an aromatic ring is 1. The summed E-state index contributed by atoms with van der Waals surface area (Å²) in [6, 6.07) is 1.74. The minimum atomic E-state index is -0.349. The Kier molecular flexibility index (Phi) is 2.67. The molecule has 0 aliphatic rings. The van der Waals surface area contributed by atoms with Gasteiger partial charge in [0.1, 0.15) is 10.8 Å². The summed E-state index contributed by atoms with van der Waals surface area (Å²) in [6.45, 7) is 2.25. The van der Waals surface area contributed by atoms with E-state index in [9.17, 15) is 0 Å². The molecule has 0 aliphatic carbocycles. The summed E-state index contributed by atoms with van der Waals surface area (Å²) in [5.41, 5.74) is 5.38. The van der Waals surface area contributed by atoms with E-state index >= 15 is 0 Å². The second-order valence-electron chi connectivity index (χ2n) is 2.35. The summed E-state index contributed by atoms with van der Waals surface area (Å²) in [4.78, 5) is 0. The number of aromatic nitrogens is 1. The number of nitrogens with one attached hydrogen (secondary N) is 1. The van der Waals surface area contributed by atoms with E-state index in [4.69, 9.17) is 10.8 Å². The fourth-order valence-corrected chi connectivity index (χ4v) is 1.20. The first-order valence-corrected chi connectivity index (χ1v) is 4.10. The fraction of sp³-hybridized carbons (Fsp3) is 0.500. The maximum absolute atomic E-state index is 8.91. The normalized spacial score (nSPS) is 12.9. The Bertz CT molecular complexity index is 223. The van der Waals surface area contributed by atoms with Gasteiger partial charge in [-0.1, -0.05) is 0 Å². The van der Waals surface area contributed by atoms with Crippen LogP contribution in [0.4, 0.5) is 10.8 Å². The van der Waals surface area contributed by atoms with Gasteiger partial charge in [0.25, 0.3) is 0 Å². The van der Waals surface area contributed by atoms with Crippen LogP contribution < -0.4 is 11.1 Å². The third-order valence-corrected chi connectivity index (χ3v) is 1.86. The standard InChI is InChI=1S/C6H11N3OS/c1-4(10)3-8-6-2-5(7)9-11-6/h2,4,8,10H,3H2,1H3,(H2,7,9). The number of hydrogen-bond acceptors (Lipinski definition) is 5. The average Bonchev–Trinajstić information content (AvgIpc) is 2.31. The molecule has 0 aromatic carbocycles. The monoisotopic (exact) mass is 173 g/mol. The van der Waals surface area contributed by atoms with E-state index in [2.05, 4.69) is 9.69 Å². The minimum Gasteiger partial charge on any atom is -0.392 e. The Morgan fingerprint density at radius 1 is 1.91 bits per heavy atom. The second kappa shape index (κ2) is 3.54. The lowest BCUT2D eigenvalue weighted by Crippen LogP contribution is -2.14. The van der Waals surface area contributed by atoms with Crippen molar-refractivity contribution < 1.29 is 5.11 Å². The molecule has 11 heavy (non-hydrogen) atoms. The molecule has 62 valence electrons. The Morgan fingerprint density at radius 3 is 3.09 bits per heavy atom. The fourth-order valence-electron chi connectivity index (χ4n) is 0.621. The van der Waals surface area contributed by atoms with Crippen molar-refractivity contribution in [3.8, 4) is 0 Å². The maximum Gasteiger partial charge on any atom is 0.139 e. The molecule has 0 saturated carbocycles. The van der Waals surface area contributed by atoms with Crippen molar-refractivity contribution in [3.63, 3.8) is 0 Å². The molecule has 0 aliphatic heterocycles. The predicted molar refractivity (Wildman–Crippen MR) is 46.7 cm³/mol. The van der Waals surface area contributed by atoms with E-state index in [-0.39, 0.29) is 6.10 Å². The van der Waals surface area contributed by atoms with Gasteiger partial charge in [-0.25, -0.2) is 0 Å². The summed E-state index contributed by atoms with van der Waals surface area (Å²) < 4.78 is 3.87. The quantitative estimate of drug-likeness (QED) is 0.623. The summed E-state index contributed by atoms with van der Waals surface area (Å²) in [5.74, 6) is 0.517.